The van der Waals surface area contributed by atoms with E-state index in [2.05, 4.69) is 49.3 Å². The Hall–Kier alpha value is -0.960. The van der Waals surface area contributed by atoms with Crippen molar-refractivity contribution >= 4 is 0 Å². The Morgan fingerprint density at radius 3 is 2.62 bits per heavy atom. The lowest BCUT2D eigenvalue weighted by molar-refractivity contribution is 0.170. The van der Waals surface area contributed by atoms with E-state index in [0.29, 0.717) is 6.04 Å². The zero-order valence-electron chi connectivity index (χ0n) is 14.3. The van der Waals surface area contributed by atoms with E-state index in [-0.39, 0.29) is 0 Å². The van der Waals surface area contributed by atoms with Crippen LogP contribution in [0.4, 0.5) is 0 Å². The number of nitrogens with one attached hydrogen (secondary N) is 1. The van der Waals surface area contributed by atoms with Gasteiger partial charge in [-0.1, -0.05) is 27.2 Å². The van der Waals surface area contributed by atoms with Crippen LogP contribution in [0.3, 0.4) is 0 Å². The minimum atomic E-state index is 0.439. The van der Waals surface area contributed by atoms with E-state index >= 15 is 0 Å². The average molecular weight is 289 g/mol. The van der Waals surface area contributed by atoms with Crippen molar-refractivity contribution < 1.29 is 0 Å². The summed E-state index contributed by atoms with van der Waals surface area (Å²) < 4.78 is 0. The largest absolute Gasteiger partial charge is 0.310 e. The molecule has 1 aliphatic carbocycles. The lowest BCUT2D eigenvalue weighted by atomic mass is 9.72. The van der Waals surface area contributed by atoms with Crippen LogP contribution in [-0.2, 0) is 0 Å². The van der Waals surface area contributed by atoms with Gasteiger partial charge in [0.25, 0.3) is 0 Å². The fraction of sp³-hybridized carbons (Fsp3) is 0.778. The van der Waals surface area contributed by atoms with Crippen molar-refractivity contribution in [3.8, 4) is 0 Å². The van der Waals surface area contributed by atoms with Gasteiger partial charge in [0.05, 0.1) is 11.4 Å². The maximum absolute atomic E-state index is 4.35. The summed E-state index contributed by atoms with van der Waals surface area (Å²) in [6.07, 6.45) is 5.18. The fourth-order valence-corrected chi connectivity index (χ4v) is 3.61. The second kappa shape index (κ2) is 7.35. The summed E-state index contributed by atoms with van der Waals surface area (Å²) in [4.78, 5) is 0. The average Bonchev–Trinajstić information content (AvgIpc) is 2.46. The number of aromatic nitrogens is 2. The Morgan fingerprint density at radius 1 is 1.19 bits per heavy atom. The molecule has 0 radical (unpaired) electrons. The zero-order chi connectivity index (χ0) is 15.4. The lowest BCUT2D eigenvalue weighted by Crippen LogP contribution is -2.34. The molecule has 3 nitrogen and oxygen atoms in total. The monoisotopic (exact) mass is 289 g/mol. The third-order valence-corrected chi connectivity index (χ3v) is 5.20. The van der Waals surface area contributed by atoms with E-state index < -0.39 is 0 Å². The molecule has 4 unspecified atom stereocenters. The summed E-state index contributed by atoms with van der Waals surface area (Å²) in [5.74, 6) is 2.42. The second-order valence-electron chi connectivity index (χ2n) is 6.99. The topological polar surface area (TPSA) is 37.8 Å². The van der Waals surface area contributed by atoms with Crippen molar-refractivity contribution in [2.24, 2.45) is 17.8 Å². The molecule has 1 fully saturated rings. The SMILES string of the molecule is CCCNC(c1cc(C)nnc1C)C1CCC(C)C(C)C1. The van der Waals surface area contributed by atoms with Crippen molar-refractivity contribution in [2.45, 2.75) is 66.3 Å². The molecule has 3 heteroatoms. The molecule has 0 bridgehead atoms. The van der Waals surface area contributed by atoms with E-state index in [9.17, 15) is 0 Å². The van der Waals surface area contributed by atoms with Crippen molar-refractivity contribution in [1.29, 1.82) is 0 Å². The van der Waals surface area contributed by atoms with Crippen LogP contribution in [0.5, 0.6) is 0 Å². The van der Waals surface area contributed by atoms with E-state index in [1.54, 1.807) is 0 Å². The van der Waals surface area contributed by atoms with Gasteiger partial charge in [-0.3, -0.25) is 0 Å². The first kappa shape index (κ1) is 16.4. The van der Waals surface area contributed by atoms with Gasteiger partial charge in [-0.2, -0.15) is 10.2 Å². The Balaban J connectivity index is 2.23. The van der Waals surface area contributed by atoms with Gasteiger partial charge in [-0.25, -0.2) is 0 Å². The minimum absolute atomic E-state index is 0.439. The second-order valence-corrected chi connectivity index (χ2v) is 6.99. The van der Waals surface area contributed by atoms with Crippen molar-refractivity contribution in [2.75, 3.05) is 6.54 Å². The normalized spacial score (nSPS) is 27.6. The van der Waals surface area contributed by atoms with E-state index in [4.69, 9.17) is 0 Å². The van der Waals surface area contributed by atoms with E-state index in [0.717, 1.165) is 35.7 Å². The Labute approximate surface area is 129 Å². The molecule has 1 saturated carbocycles. The highest BCUT2D eigenvalue weighted by Gasteiger charge is 2.31. The molecular formula is C18H31N3. The summed E-state index contributed by atoms with van der Waals surface area (Å²) in [6, 6.07) is 2.67. The van der Waals surface area contributed by atoms with Gasteiger partial charge in [0.2, 0.25) is 0 Å². The summed E-state index contributed by atoms with van der Waals surface area (Å²) >= 11 is 0. The molecule has 1 heterocycles. The van der Waals surface area contributed by atoms with Crippen molar-refractivity contribution in [1.82, 2.24) is 15.5 Å². The number of hydrogen-bond donors (Lipinski definition) is 1. The fourth-order valence-electron chi connectivity index (χ4n) is 3.61. The Kier molecular flexibility index (Phi) is 5.74. The van der Waals surface area contributed by atoms with Gasteiger partial charge in [-0.05, 0) is 69.0 Å². The van der Waals surface area contributed by atoms with Gasteiger partial charge in [-0.15, -0.1) is 0 Å². The molecule has 1 aromatic rings. The van der Waals surface area contributed by atoms with Crippen LogP contribution >= 0.6 is 0 Å². The first-order chi connectivity index (χ1) is 10.0. The molecule has 0 amide bonds. The number of aryl methyl sites for hydroxylation is 2. The first-order valence-electron chi connectivity index (χ1n) is 8.57. The van der Waals surface area contributed by atoms with Crippen LogP contribution in [0, 0.1) is 31.6 Å². The summed E-state index contributed by atoms with van der Waals surface area (Å²) in [5, 5.41) is 12.3. The van der Waals surface area contributed by atoms with Crippen LogP contribution in [0.1, 0.15) is 69.4 Å². The van der Waals surface area contributed by atoms with Gasteiger partial charge in [0.15, 0.2) is 0 Å². The molecule has 118 valence electrons. The van der Waals surface area contributed by atoms with Crippen LogP contribution < -0.4 is 5.32 Å². The summed E-state index contributed by atoms with van der Waals surface area (Å²) in [6.45, 7) is 12.3. The predicted molar refractivity (Wildman–Crippen MR) is 88.2 cm³/mol. The zero-order valence-corrected chi connectivity index (χ0v) is 14.3. The maximum atomic E-state index is 4.35. The molecule has 0 spiro atoms. The molecule has 0 aromatic carbocycles. The highest BCUT2D eigenvalue weighted by Crippen LogP contribution is 2.40. The lowest BCUT2D eigenvalue weighted by Gasteiger charge is -2.37. The molecule has 0 saturated heterocycles. The minimum Gasteiger partial charge on any atom is -0.310 e. The van der Waals surface area contributed by atoms with E-state index in [1.807, 2.05) is 6.92 Å². The molecule has 1 aliphatic rings. The smallest absolute Gasteiger partial charge is 0.0648 e. The Morgan fingerprint density at radius 2 is 1.95 bits per heavy atom. The van der Waals surface area contributed by atoms with Crippen LogP contribution in [0.2, 0.25) is 0 Å². The van der Waals surface area contributed by atoms with E-state index in [1.165, 1.54) is 31.2 Å². The van der Waals surface area contributed by atoms with Gasteiger partial charge in [0, 0.05) is 6.04 Å². The summed E-state index contributed by atoms with van der Waals surface area (Å²) in [7, 11) is 0. The standard InChI is InChI=1S/C18H31N3/c1-6-9-19-18(16-8-7-12(2)13(3)10-16)17-11-14(4)20-21-15(17)5/h11-13,16,18-19H,6-10H2,1-5H3. The van der Waals surface area contributed by atoms with Crippen molar-refractivity contribution in [3.63, 3.8) is 0 Å². The maximum Gasteiger partial charge on any atom is 0.0648 e. The molecule has 1 N–H and O–H groups in total. The molecule has 4 atom stereocenters. The molecular weight excluding hydrogens is 258 g/mol. The molecule has 0 aliphatic heterocycles. The number of rotatable bonds is 5. The highest BCUT2D eigenvalue weighted by atomic mass is 15.1. The Bertz CT molecular complexity index is 458. The van der Waals surface area contributed by atoms with Crippen LogP contribution in [-0.4, -0.2) is 16.7 Å². The summed E-state index contributed by atoms with van der Waals surface area (Å²) in [5.41, 5.74) is 3.47. The quantitative estimate of drug-likeness (QED) is 0.882. The molecule has 2 rings (SSSR count). The first-order valence-corrected chi connectivity index (χ1v) is 8.57. The van der Waals surface area contributed by atoms with Crippen molar-refractivity contribution in [3.05, 3.63) is 23.0 Å². The van der Waals surface area contributed by atoms with Gasteiger partial charge < -0.3 is 5.32 Å². The molecule has 1 aromatic heterocycles. The highest BCUT2D eigenvalue weighted by molar-refractivity contribution is 5.24. The van der Waals surface area contributed by atoms with Gasteiger partial charge >= 0.3 is 0 Å². The number of nitrogens with zero attached hydrogens (tertiary/aromatic N) is 2. The third kappa shape index (κ3) is 4.03. The van der Waals surface area contributed by atoms with Gasteiger partial charge in [0.1, 0.15) is 0 Å². The third-order valence-electron chi connectivity index (χ3n) is 5.20. The number of hydrogen-bond acceptors (Lipinski definition) is 3. The molecule has 21 heavy (non-hydrogen) atoms. The van der Waals surface area contributed by atoms with Crippen LogP contribution in [0.15, 0.2) is 6.07 Å². The predicted octanol–water partition coefficient (Wildman–Crippen LogP) is 4.21. The van der Waals surface area contributed by atoms with Crippen LogP contribution in [0.25, 0.3) is 0 Å².